The van der Waals surface area contributed by atoms with E-state index in [4.69, 9.17) is 4.74 Å². The number of ether oxygens (including phenoxy) is 1. The Morgan fingerprint density at radius 3 is 1.93 bits per heavy atom. The van der Waals surface area contributed by atoms with E-state index < -0.39 is 62.4 Å². The molecule has 0 saturated carbocycles. The molecule has 0 saturated heterocycles. The van der Waals surface area contributed by atoms with E-state index >= 15 is 0 Å². The molecule has 5 N–H and O–H groups in total. The minimum atomic E-state index is -5.15. The SMILES string of the molecule is CCOc1ccc(N=Nc2c(S(=O)(=O)O)cc3cc(S(=O)(=O)O)cc(NC(C)=O)c3c2O)cc1S(=O)(=O)O.[Na].[Na].[Na]. The van der Waals surface area contributed by atoms with Crippen molar-refractivity contribution >= 4 is 153 Å². The van der Waals surface area contributed by atoms with E-state index in [9.17, 15) is 48.8 Å². The van der Waals surface area contributed by atoms with Gasteiger partial charge in [-0.1, -0.05) is 0 Å². The van der Waals surface area contributed by atoms with Gasteiger partial charge >= 0.3 is 0 Å². The van der Waals surface area contributed by atoms with Gasteiger partial charge in [0, 0.05) is 101 Å². The van der Waals surface area contributed by atoms with Crippen LogP contribution in [0.4, 0.5) is 17.1 Å². The maximum atomic E-state index is 12.1. The molecule has 0 aliphatic rings. The minimum Gasteiger partial charge on any atom is -0.505 e. The first-order valence-electron chi connectivity index (χ1n) is 10.2. The van der Waals surface area contributed by atoms with Crippen LogP contribution in [0.3, 0.4) is 0 Å². The number of aromatic hydroxyl groups is 1. The van der Waals surface area contributed by atoms with Gasteiger partial charge in [-0.05, 0) is 48.7 Å². The number of hydrogen-bond donors (Lipinski definition) is 5. The molecule has 15 nitrogen and oxygen atoms in total. The Balaban J connectivity index is 0.00000533. The van der Waals surface area contributed by atoms with Crippen molar-refractivity contribution in [1.29, 1.82) is 0 Å². The molecule has 3 rings (SSSR count). The molecule has 0 fully saturated rings. The summed E-state index contributed by atoms with van der Waals surface area (Å²) in [5, 5.41) is 19.8. The van der Waals surface area contributed by atoms with Crippen LogP contribution in [-0.4, -0.2) is 145 Å². The minimum absolute atomic E-state index is 0. The van der Waals surface area contributed by atoms with Crippen molar-refractivity contribution in [3.05, 3.63) is 36.4 Å². The zero-order valence-corrected chi connectivity index (χ0v) is 30.8. The summed E-state index contributed by atoms with van der Waals surface area (Å²) < 4.78 is 105. The van der Waals surface area contributed by atoms with Crippen LogP contribution in [0.2, 0.25) is 0 Å². The number of azo groups is 1. The summed E-state index contributed by atoms with van der Waals surface area (Å²) in [4.78, 5) is 9.18. The van der Waals surface area contributed by atoms with Crippen molar-refractivity contribution in [3.8, 4) is 11.5 Å². The van der Waals surface area contributed by atoms with Gasteiger partial charge in [-0.15, -0.1) is 5.11 Å². The number of carbonyl (C=O) groups is 1. The molecule has 0 spiro atoms. The Labute approximate surface area is 301 Å². The first kappa shape index (κ1) is 40.3. The fourth-order valence-electron chi connectivity index (χ4n) is 3.33. The molecule has 21 heteroatoms. The molecule has 0 aliphatic carbocycles. The van der Waals surface area contributed by atoms with Gasteiger partial charge in [-0.25, -0.2) is 0 Å². The number of phenolic OH excluding ortho intramolecular Hbond substituents is 1. The van der Waals surface area contributed by atoms with Crippen molar-refractivity contribution in [2.75, 3.05) is 11.9 Å². The number of nitrogens with one attached hydrogen (secondary N) is 1. The average Bonchev–Trinajstić information content (AvgIpc) is 2.76. The largest absolute Gasteiger partial charge is 0.505 e. The average molecular weight is 659 g/mol. The van der Waals surface area contributed by atoms with E-state index in [-0.39, 0.29) is 123 Å². The Morgan fingerprint density at radius 2 is 1.44 bits per heavy atom. The standard InChI is InChI=1S/C20H19N3O12S3.3Na/c1-3-35-15-5-4-12(8-16(15)37(29,30)31)22-23-19-17(38(32,33)34)7-11-6-13(36(26,27)28)9-14(21-10(2)24)18(11)20(19)25;;;/h4-9,25H,3H2,1-2H3,(H,21,24)(H,26,27,28)(H,29,30,31)(H,32,33,34);;;. The maximum Gasteiger partial charge on any atom is 0.298 e. The van der Waals surface area contributed by atoms with Crippen molar-refractivity contribution in [2.45, 2.75) is 28.5 Å². The number of hydrogen-bond acceptors (Lipinski definition) is 11. The van der Waals surface area contributed by atoms with Crippen LogP contribution in [0.1, 0.15) is 13.8 Å². The van der Waals surface area contributed by atoms with Crippen LogP contribution < -0.4 is 10.1 Å². The van der Waals surface area contributed by atoms with Crippen LogP contribution in [-0.2, 0) is 35.1 Å². The molecule has 3 aromatic rings. The summed E-state index contributed by atoms with van der Waals surface area (Å²) in [7, 11) is -14.8. The van der Waals surface area contributed by atoms with Crippen LogP contribution in [0.25, 0.3) is 10.8 Å². The molecule has 0 atom stereocenters. The fourth-order valence-corrected chi connectivity index (χ4v) is 5.18. The summed E-state index contributed by atoms with van der Waals surface area (Å²) in [5.74, 6) is -1.92. The number of rotatable bonds is 8. The number of benzene rings is 3. The van der Waals surface area contributed by atoms with Gasteiger partial charge in [0.15, 0.2) is 5.75 Å². The van der Waals surface area contributed by atoms with E-state index in [1.54, 1.807) is 6.92 Å². The normalized spacial score (nSPS) is 11.7. The van der Waals surface area contributed by atoms with E-state index in [1.807, 2.05) is 0 Å². The van der Waals surface area contributed by atoms with Crippen LogP contribution >= 0.6 is 0 Å². The van der Waals surface area contributed by atoms with Gasteiger partial charge in [0.05, 0.1) is 22.9 Å². The van der Waals surface area contributed by atoms with Crippen molar-refractivity contribution < 1.29 is 53.5 Å². The van der Waals surface area contributed by atoms with Crippen LogP contribution in [0.15, 0.2) is 61.3 Å². The second kappa shape index (κ2) is 15.4. The number of anilines is 1. The van der Waals surface area contributed by atoms with Crippen molar-refractivity contribution in [1.82, 2.24) is 0 Å². The number of phenols is 1. The molecule has 0 unspecified atom stereocenters. The third-order valence-corrected chi connectivity index (χ3v) is 7.35. The van der Waals surface area contributed by atoms with Gasteiger partial charge < -0.3 is 15.2 Å². The molecule has 3 radical (unpaired) electrons. The predicted octanol–water partition coefficient (Wildman–Crippen LogP) is 1.92. The third-order valence-electron chi connectivity index (χ3n) is 4.78. The van der Waals surface area contributed by atoms with E-state index in [0.29, 0.717) is 6.07 Å². The smallest absolute Gasteiger partial charge is 0.298 e. The van der Waals surface area contributed by atoms with Gasteiger partial charge in [-0.3, -0.25) is 18.5 Å². The van der Waals surface area contributed by atoms with E-state index in [2.05, 4.69) is 15.5 Å². The molecule has 41 heavy (non-hydrogen) atoms. The van der Waals surface area contributed by atoms with E-state index in [1.165, 1.54) is 6.07 Å². The fraction of sp³-hybridized carbons (Fsp3) is 0.150. The van der Waals surface area contributed by atoms with Gasteiger partial charge in [-0.2, -0.15) is 30.4 Å². The monoisotopic (exact) mass is 658 g/mol. The first-order chi connectivity index (χ1) is 17.4. The second-order valence-corrected chi connectivity index (χ2v) is 11.7. The van der Waals surface area contributed by atoms with Crippen molar-refractivity contribution in [3.63, 3.8) is 0 Å². The number of carbonyl (C=O) groups excluding carboxylic acids is 1. The zero-order valence-electron chi connectivity index (χ0n) is 22.3. The zero-order chi connectivity index (χ0) is 28.6. The Morgan fingerprint density at radius 1 is 0.854 bits per heavy atom. The van der Waals surface area contributed by atoms with Crippen LogP contribution in [0.5, 0.6) is 11.5 Å². The molecule has 0 aromatic heterocycles. The van der Waals surface area contributed by atoms with Gasteiger partial charge in [0.1, 0.15) is 21.2 Å². The molecule has 207 valence electrons. The molecular weight excluding hydrogens is 639 g/mol. The number of nitrogens with zero attached hydrogens (tertiary/aromatic N) is 2. The van der Waals surface area contributed by atoms with Crippen molar-refractivity contribution in [2.24, 2.45) is 10.2 Å². The molecule has 3 aromatic carbocycles. The van der Waals surface area contributed by atoms with Gasteiger partial charge in [0.2, 0.25) is 5.91 Å². The van der Waals surface area contributed by atoms with E-state index in [0.717, 1.165) is 31.2 Å². The number of fused-ring (bicyclic) bond motifs is 1. The molecule has 1 amide bonds. The molecule has 0 bridgehead atoms. The maximum absolute atomic E-state index is 12.1. The Hall–Kier alpha value is -0.680. The Kier molecular flexibility index (Phi) is 15.1. The summed E-state index contributed by atoms with van der Waals surface area (Å²) in [6.45, 7) is 2.67. The predicted molar refractivity (Wildman–Crippen MR) is 148 cm³/mol. The van der Waals surface area contributed by atoms with Gasteiger partial charge in [0.25, 0.3) is 30.4 Å². The summed E-state index contributed by atoms with van der Waals surface area (Å²) in [6, 6.07) is 5.44. The Bertz CT molecular complexity index is 1830. The second-order valence-electron chi connectivity index (χ2n) is 7.51. The molecule has 0 heterocycles. The quantitative estimate of drug-likeness (QED) is 0.132. The topological polar surface area (TPSA) is 246 Å². The van der Waals surface area contributed by atoms with Crippen LogP contribution in [0, 0.1) is 0 Å². The first-order valence-corrected chi connectivity index (χ1v) is 14.5. The summed E-state index contributed by atoms with van der Waals surface area (Å²) in [5.41, 5.74) is -1.49. The summed E-state index contributed by atoms with van der Waals surface area (Å²) in [6.07, 6.45) is 0. The molecule has 0 aliphatic heterocycles. The molecular formula is C20H19N3Na3O12S3. The third kappa shape index (κ3) is 9.91. The summed E-state index contributed by atoms with van der Waals surface area (Å²) >= 11 is 0. The number of amides is 1.